The molecule has 0 saturated heterocycles. The van der Waals surface area contributed by atoms with Crippen LogP contribution in [-0.4, -0.2) is 24.7 Å². The molecule has 0 unspecified atom stereocenters. The quantitative estimate of drug-likeness (QED) is 0.767. The van der Waals surface area contributed by atoms with Gasteiger partial charge >= 0.3 is 0 Å². The molecule has 0 saturated carbocycles. The second-order valence-corrected chi connectivity index (χ2v) is 6.06. The fourth-order valence-electron chi connectivity index (χ4n) is 2.56. The van der Waals surface area contributed by atoms with E-state index in [1.54, 1.807) is 18.2 Å². The molecule has 0 fully saturated rings. The first kappa shape index (κ1) is 17.9. The van der Waals surface area contributed by atoms with Gasteiger partial charge in [-0.25, -0.2) is 0 Å². The molecule has 4 nitrogen and oxygen atoms in total. The Hall–Kier alpha value is -2.49. The molecular formula is C20H25NO3. The fourth-order valence-corrected chi connectivity index (χ4v) is 2.56. The summed E-state index contributed by atoms with van der Waals surface area (Å²) in [6.45, 7) is 4.88. The number of carbonyl (C=O) groups is 1. The SMILES string of the molecule is COc1cc(CC(=O)NCCCc2ccc(C)c(C)c2)ccc1O. The molecule has 0 radical (unpaired) electrons. The van der Waals surface area contributed by atoms with E-state index in [1.807, 2.05) is 0 Å². The number of ether oxygens (including phenoxy) is 1. The predicted molar refractivity (Wildman–Crippen MR) is 95.6 cm³/mol. The van der Waals surface area contributed by atoms with Crippen LogP contribution in [0.5, 0.6) is 11.5 Å². The molecule has 0 spiro atoms. The molecule has 4 heteroatoms. The van der Waals surface area contributed by atoms with Crippen molar-refractivity contribution in [3.05, 3.63) is 58.7 Å². The number of hydrogen-bond acceptors (Lipinski definition) is 3. The molecular weight excluding hydrogens is 302 g/mol. The van der Waals surface area contributed by atoms with Crippen molar-refractivity contribution in [2.75, 3.05) is 13.7 Å². The van der Waals surface area contributed by atoms with Gasteiger partial charge in [-0.1, -0.05) is 24.3 Å². The maximum absolute atomic E-state index is 12.0. The summed E-state index contributed by atoms with van der Waals surface area (Å²) < 4.78 is 5.05. The highest BCUT2D eigenvalue weighted by Gasteiger charge is 2.07. The molecule has 0 bridgehead atoms. The normalized spacial score (nSPS) is 10.5. The van der Waals surface area contributed by atoms with E-state index >= 15 is 0 Å². The Morgan fingerprint density at radius 3 is 2.54 bits per heavy atom. The second-order valence-electron chi connectivity index (χ2n) is 6.06. The Bertz CT molecular complexity index is 710. The van der Waals surface area contributed by atoms with Gasteiger partial charge in [0.15, 0.2) is 11.5 Å². The first-order valence-corrected chi connectivity index (χ1v) is 8.18. The molecule has 2 aromatic rings. The number of methoxy groups -OCH3 is 1. The highest BCUT2D eigenvalue weighted by molar-refractivity contribution is 5.78. The summed E-state index contributed by atoms with van der Waals surface area (Å²) in [7, 11) is 1.49. The lowest BCUT2D eigenvalue weighted by Crippen LogP contribution is -2.26. The van der Waals surface area contributed by atoms with Crippen molar-refractivity contribution >= 4 is 5.91 Å². The first-order valence-electron chi connectivity index (χ1n) is 8.18. The van der Waals surface area contributed by atoms with Gasteiger partial charge in [-0.3, -0.25) is 4.79 Å². The molecule has 0 aliphatic heterocycles. The van der Waals surface area contributed by atoms with Crippen LogP contribution in [0, 0.1) is 13.8 Å². The third-order valence-electron chi connectivity index (χ3n) is 4.14. The fraction of sp³-hybridized carbons (Fsp3) is 0.350. The number of aryl methyl sites for hydroxylation is 3. The number of benzene rings is 2. The van der Waals surface area contributed by atoms with E-state index in [9.17, 15) is 9.90 Å². The minimum Gasteiger partial charge on any atom is -0.504 e. The van der Waals surface area contributed by atoms with E-state index < -0.39 is 0 Å². The van der Waals surface area contributed by atoms with Crippen molar-refractivity contribution in [1.82, 2.24) is 5.32 Å². The standard InChI is InChI=1S/C20H25NO3/c1-14-6-7-16(11-15(14)2)5-4-10-21-20(23)13-17-8-9-18(22)19(12-17)24-3/h6-9,11-12,22H,4-5,10,13H2,1-3H3,(H,21,23). The van der Waals surface area contributed by atoms with E-state index in [0.29, 0.717) is 12.3 Å². The average molecular weight is 327 g/mol. The van der Waals surface area contributed by atoms with E-state index in [-0.39, 0.29) is 18.1 Å². The van der Waals surface area contributed by atoms with Crippen molar-refractivity contribution in [2.24, 2.45) is 0 Å². The third kappa shape index (κ3) is 5.01. The van der Waals surface area contributed by atoms with Crippen LogP contribution in [-0.2, 0) is 17.6 Å². The number of hydrogen-bond donors (Lipinski definition) is 2. The van der Waals surface area contributed by atoms with E-state index in [2.05, 4.69) is 37.4 Å². The molecule has 0 heterocycles. The van der Waals surface area contributed by atoms with Gasteiger partial charge in [-0.2, -0.15) is 0 Å². The summed E-state index contributed by atoms with van der Waals surface area (Å²) in [4.78, 5) is 12.0. The summed E-state index contributed by atoms with van der Waals surface area (Å²) in [5, 5.41) is 12.5. The number of aromatic hydroxyl groups is 1. The largest absolute Gasteiger partial charge is 0.504 e. The lowest BCUT2D eigenvalue weighted by atomic mass is 10.0. The molecule has 0 aliphatic rings. The van der Waals surface area contributed by atoms with Crippen LogP contribution in [0.4, 0.5) is 0 Å². The third-order valence-corrected chi connectivity index (χ3v) is 4.14. The number of amides is 1. The molecule has 2 N–H and O–H groups in total. The summed E-state index contributed by atoms with van der Waals surface area (Å²) >= 11 is 0. The Morgan fingerprint density at radius 2 is 1.83 bits per heavy atom. The summed E-state index contributed by atoms with van der Waals surface area (Å²) in [5.41, 5.74) is 4.72. The van der Waals surface area contributed by atoms with Crippen molar-refractivity contribution < 1.29 is 14.6 Å². The van der Waals surface area contributed by atoms with Gasteiger partial charge < -0.3 is 15.2 Å². The van der Waals surface area contributed by atoms with Gasteiger partial charge in [0.2, 0.25) is 5.91 Å². The Kier molecular flexibility index (Phi) is 6.24. The average Bonchev–Trinajstić information content (AvgIpc) is 2.56. The van der Waals surface area contributed by atoms with Crippen molar-refractivity contribution in [2.45, 2.75) is 33.1 Å². The number of carbonyl (C=O) groups excluding carboxylic acids is 1. The van der Waals surface area contributed by atoms with Gasteiger partial charge in [0.1, 0.15) is 0 Å². The highest BCUT2D eigenvalue weighted by Crippen LogP contribution is 2.26. The van der Waals surface area contributed by atoms with E-state index in [4.69, 9.17) is 4.74 Å². The monoisotopic (exact) mass is 327 g/mol. The molecule has 0 aliphatic carbocycles. The van der Waals surface area contributed by atoms with Crippen molar-refractivity contribution in [1.29, 1.82) is 0 Å². The van der Waals surface area contributed by atoms with Crippen molar-refractivity contribution in [3.8, 4) is 11.5 Å². The molecule has 2 aromatic carbocycles. The van der Waals surface area contributed by atoms with Crippen LogP contribution in [0.1, 0.15) is 28.7 Å². The molecule has 0 aromatic heterocycles. The van der Waals surface area contributed by atoms with Gasteiger partial charge in [0.05, 0.1) is 13.5 Å². The van der Waals surface area contributed by atoms with Crippen LogP contribution in [0.15, 0.2) is 36.4 Å². The second kappa shape index (κ2) is 8.39. The first-order chi connectivity index (χ1) is 11.5. The smallest absolute Gasteiger partial charge is 0.224 e. The van der Waals surface area contributed by atoms with Gasteiger partial charge in [-0.05, 0) is 61.1 Å². The Labute approximate surface area is 143 Å². The van der Waals surface area contributed by atoms with Crippen LogP contribution in [0.2, 0.25) is 0 Å². The zero-order valence-corrected chi connectivity index (χ0v) is 14.6. The van der Waals surface area contributed by atoms with Crippen LogP contribution in [0.3, 0.4) is 0 Å². The van der Waals surface area contributed by atoms with Gasteiger partial charge in [0.25, 0.3) is 0 Å². The number of phenolic OH excluding ortho intramolecular Hbond substituents is 1. The summed E-state index contributed by atoms with van der Waals surface area (Å²) in [5.74, 6) is 0.438. The van der Waals surface area contributed by atoms with E-state index in [0.717, 1.165) is 18.4 Å². The zero-order valence-electron chi connectivity index (χ0n) is 14.6. The Balaban J connectivity index is 1.76. The van der Waals surface area contributed by atoms with Crippen molar-refractivity contribution in [3.63, 3.8) is 0 Å². The van der Waals surface area contributed by atoms with Gasteiger partial charge in [0, 0.05) is 6.54 Å². The lowest BCUT2D eigenvalue weighted by Gasteiger charge is -2.08. The molecule has 2 rings (SSSR count). The minimum absolute atomic E-state index is 0.0252. The molecule has 0 atom stereocenters. The molecule has 24 heavy (non-hydrogen) atoms. The number of nitrogens with one attached hydrogen (secondary N) is 1. The predicted octanol–water partition coefficient (Wildman–Crippen LogP) is 3.31. The number of phenols is 1. The summed E-state index contributed by atoms with van der Waals surface area (Å²) in [6.07, 6.45) is 2.14. The zero-order chi connectivity index (χ0) is 17.5. The number of rotatable bonds is 7. The van der Waals surface area contributed by atoms with Gasteiger partial charge in [-0.15, -0.1) is 0 Å². The maximum atomic E-state index is 12.0. The topological polar surface area (TPSA) is 58.6 Å². The molecule has 128 valence electrons. The highest BCUT2D eigenvalue weighted by atomic mass is 16.5. The minimum atomic E-state index is -0.0252. The Morgan fingerprint density at radius 1 is 1.08 bits per heavy atom. The van der Waals surface area contributed by atoms with Crippen LogP contribution in [0.25, 0.3) is 0 Å². The lowest BCUT2D eigenvalue weighted by molar-refractivity contribution is -0.120. The molecule has 1 amide bonds. The van der Waals surface area contributed by atoms with E-state index in [1.165, 1.54) is 23.8 Å². The van der Waals surface area contributed by atoms with Crippen LogP contribution >= 0.6 is 0 Å². The summed E-state index contributed by atoms with van der Waals surface area (Å²) in [6, 6.07) is 11.5. The van der Waals surface area contributed by atoms with Crippen LogP contribution < -0.4 is 10.1 Å². The maximum Gasteiger partial charge on any atom is 0.224 e.